The Balaban J connectivity index is 1.63. The van der Waals surface area contributed by atoms with E-state index < -0.39 is 76.9 Å². The van der Waals surface area contributed by atoms with Crippen molar-refractivity contribution >= 4 is 20.2 Å². The zero-order chi connectivity index (χ0) is 27.4. The molecule has 12 nitrogen and oxygen atoms in total. The summed E-state index contributed by atoms with van der Waals surface area (Å²) in [6.07, 6.45) is -9.86. The largest absolute Gasteiger partial charge is 0.394 e. The van der Waals surface area contributed by atoms with Crippen LogP contribution in [0.3, 0.4) is 0 Å². The van der Waals surface area contributed by atoms with Crippen LogP contribution < -0.4 is 0 Å². The molecule has 0 spiro atoms. The van der Waals surface area contributed by atoms with Gasteiger partial charge in [-0.1, -0.05) is 35.4 Å². The highest BCUT2D eigenvalue weighted by Gasteiger charge is 2.45. The van der Waals surface area contributed by atoms with Gasteiger partial charge < -0.3 is 29.9 Å². The number of aliphatic hydroxyl groups is 4. The topological polar surface area (TPSA) is 186 Å². The maximum absolute atomic E-state index is 12.5. The quantitative estimate of drug-likeness (QED) is 0.260. The summed E-state index contributed by atoms with van der Waals surface area (Å²) in [5, 5.41) is 40.4. The van der Waals surface area contributed by atoms with Crippen LogP contribution in [-0.2, 0) is 38.1 Å². The van der Waals surface area contributed by atoms with Crippen LogP contribution in [0.15, 0.2) is 58.3 Å². The Morgan fingerprint density at radius 1 is 0.784 bits per heavy atom. The molecule has 1 aliphatic heterocycles. The van der Waals surface area contributed by atoms with Crippen molar-refractivity contribution in [2.45, 2.75) is 60.4 Å². The van der Waals surface area contributed by atoms with E-state index in [1.807, 2.05) is 0 Å². The third-order valence-corrected chi connectivity index (χ3v) is 8.21. The zero-order valence-electron chi connectivity index (χ0n) is 20.1. The minimum atomic E-state index is -4.23. The van der Waals surface area contributed by atoms with E-state index in [-0.39, 0.29) is 9.79 Å². The van der Waals surface area contributed by atoms with E-state index in [2.05, 4.69) is 0 Å². The Bertz CT molecular complexity index is 1230. The fourth-order valence-electron chi connectivity index (χ4n) is 3.36. The summed E-state index contributed by atoms with van der Waals surface area (Å²) in [5.41, 5.74) is 1.67. The van der Waals surface area contributed by atoms with Crippen molar-refractivity contribution in [1.82, 2.24) is 0 Å². The number of ether oxygens (including phenoxy) is 2. The maximum Gasteiger partial charge on any atom is 0.297 e. The van der Waals surface area contributed by atoms with Crippen molar-refractivity contribution in [3.8, 4) is 0 Å². The first-order chi connectivity index (χ1) is 17.3. The van der Waals surface area contributed by atoms with E-state index in [1.165, 1.54) is 24.3 Å². The monoisotopic (exact) mass is 562 g/mol. The van der Waals surface area contributed by atoms with Gasteiger partial charge in [-0.3, -0.25) is 8.37 Å². The second-order valence-corrected chi connectivity index (χ2v) is 11.8. The number of aryl methyl sites for hydroxylation is 2. The first-order valence-electron chi connectivity index (χ1n) is 11.2. The minimum absolute atomic E-state index is 0.116. The Kier molecular flexibility index (Phi) is 9.79. The third-order valence-electron chi connectivity index (χ3n) is 5.61. The number of hydrogen-bond acceptors (Lipinski definition) is 12. The lowest BCUT2D eigenvalue weighted by molar-refractivity contribution is -0.313. The minimum Gasteiger partial charge on any atom is -0.394 e. The van der Waals surface area contributed by atoms with Gasteiger partial charge in [-0.2, -0.15) is 16.8 Å². The molecule has 0 aromatic heterocycles. The molecule has 2 aromatic rings. The second kappa shape index (κ2) is 12.3. The lowest BCUT2D eigenvalue weighted by Gasteiger charge is -2.40. The summed E-state index contributed by atoms with van der Waals surface area (Å²) in [6, 6.07) is 11.7. The van der Waals surface area contributed by atoms with Crippen LogP contribution in [0.5, 0.6) is 0 Å². The standard InChI is InChI=1S/C23H30O12S2/c1-14-3-7-17(8-4-14)36(28,29)32-12-16(11-24)34-23-22(27)21(26)20(25)19(35-23)13-33-37(30,31)18-9-5-15(2)6-10-18/h3-10,16,19-27H,11-13H2,1-2H3/t16-,19+,20+,21-,22+,23+/m0/s1. The molecule has 2 aromatic carbocycles. The highest BCUT2D eigenvalue weighted by Crippen LogP contribution is 2.25. The molecule has 1 fully saturated rings. The Morgan fingerprint density at radius 3 is 1.76 bits per heavy atom. The summed E-state index contributed by atoms with van der Waals surface area (Å²) in [7, 11) is -8.42. The van der Waals surface area contributed by atoms with E-state index in [9.17, 15) is 37.3 Å². The van der Waals surface area contributed by atoms with Crippen LogP contribution in [0.25, 0.3) is 0 Å². The molecule has 206 valence electrons. The molecule has 1 heterocycles. The van der Waals surface area contributed by atoms with Crippen LogP contribution in [0.1, 0.15) is 11.1 Å². The molecule has 0 unspecified atom stereocenters. The molecule has 4 N–H and O–H groups in total. The van der Waals surface area contributed by atoms with Gasteiger partial charge in [-0.15, -0.1) is 0 Å². The van der Waals surface area contributed by atoms with E-state index in [4.69, 9.17) is 17.8 Å². The molecule has 37 heavy (non-hydrogen) atoms. The molecule has 0 saturated carbocycles. The number of hydrogen-bond donors (Lipinski definition) is 4. The van der Waals surface area contributed by atoms with E-state index in [1.54, 1.807) is 38.1 Å². The van der Waals surface area contributed by atoms with Crippen LogP contribution in [0.2, 0.25) is 0 Å². The Morgan fingerprint density at radius 2 is 1.27 bits per heavy atom. The second-order valence-electron chi connectivity index (χ2n) is 8.56. The Hall–Kier alpha value is -1.98. The number of aliphatic hydroxyl groups excluding tert-OH is 4. The molecular weight excluding hydrogens is 532 g/mol. The predicted molar refractivity (Wildman–Crippen MR) is 127 cm³/mol. The maximum atomic E-state index is 12.5. The zero-order valence-corrected chi connectivity index (χ0v) is 21.7. The van der Waals surface area contributed by atoms with Gasteiger partial charge in [0.1, 0.15) is 30.5 Å². The molecule has 14 heteroatoms. The SMILES string of the molecule is Cc1ccc(S(=O)(=O)OC[C@H](CO)O[C@@H]2O[C@H](COS(=O)(=O)c3ccc(C)cc3)[C@@H](O)[C@H](O)[C@H]2O)cc1. The molecular formula is C23H30O12S2. The first kappa shape index (κ1) is 29.6. The van der Waals surface area contributed by atoms with Crippen LogP contribution in [-0.4, -0.2) is 93.9 Å². The van der Waals surface area contributed by atoms with E-state index in [0.29, 0.717) is 0 Å². The van der Waals surface area contributed by atoms with Gasteiger partial charge in [0.25, 0.3) is 20.2 Å². The van der Waals surface area contributed by atoms with Crippen LogP contribution in [0, 0.1) is 13.8 Å². The highest BCUT2D eigenvalue weighted by atomic mass is 32.2. The fraction of sp³-hybridized carbons (Fsp3) is 0.478. The van der Waals surface area contributed by atoms with Crippen molar-refractivity contribution < 1.29 is 55.1 Å². The molecule has 0 radical (unpaired) electrons. The first-order valence-corrected chi connectivity index (χ1v) is 14.0. The van der Waals surface area contributed by atoms with Gasteiger partial charge >= 0.3 is 0 Å². The van der Waals surface area contributed by atoms with Crippen molar-refractivity contribution in [2.75, 3.05) is 19.8 Å². The summed E-state index contributed by atoms with van der Waals surface area (Å²) in [4.78, 5) is -0.252. The summed E-state index contributed by atoms with van der Waals surface area (Å²) in [6.45, 7) is 1.41. The van der Waals surface area contributed by atoms with Crippen LogP contribution >= 0.6 is 0 Å². The lowest BCUT2D eigenvalue weighted by Crippen LogP contribution is -2.60. The highest BCUT2D eigenvalue weighted by molar-refractivity contribution is 7.87. The average Bonchev–Trinajstić information content (AvgIpc) is 2.86. The van der Waals surface area contributed by atoms with Crippen molar-refractivity contribution in [1.29, 1.82) is 0 Å². The van der Waals surface area contributed by atoms with Crippen molar-refractivity contribution in [2.24, 2.45) is 0 Å². The van der Waals surface area contributed by atoms with Crippen molar-refractivity contribution in [3.63, 3.8) is 0 Å². The van der Waals surface area contributed by atoms with Gasteiger partial charge in [0.15, 0.2) is 6.29 Å². The molecule has 0 bridgehead atoms. The van der Waals surface area contributed by atoms with Crippen LogP contribution in [0.4, 0.5) is 0 Å². The lowest BCUT2D eigenvalue weighted by atomic mass is 9.99. The summed E-state index contributed by atoms with van der Waals surface area (Å²) < 4.78 is 70.4. The summed E-state index contributed by atoms with van der Waals surface area (Å²) in [5.74, 6) is 0. The average molecular weight is 563 g/mol. The summed E-state index contributed by atoms with van der Waals surface area (Å²) >= 11 is 0. The molecule has 3 rings (SSSR count). The normalized spacial score (nSPS) is 25.6. The van der Waals surface area contributed by atoms with Gasteiger partial charge in [-0.25, -0.2) is 0 Å². The smallest absolute Gasteiger partial charge is 0.297 e. The molecule has 1 saturated heterocycles. The molecule has 1 aliphatic rings. The predicted octanol–water partition coefficient (Wildman–Crippen LogP) is -0.401. The number of rotatable bonds is 11. The van der Waals surface area contributed by atoms with E-state index >= 15 is 0 Å². The fourth-order valence-corrected chi connectivity index (χ4v) is 5.21. The molecule has 0 amide bonds. The molecule has 6 atom stereocenters. The molecule has 0 aliphatic carbocycles. The number of benzene rings is 2. The third kappa shape index (κ3) is 7.54. The van der Waals surface area contributed by atoms with Crippen molar-refractivity contribution in [3.05, 3.63) is 59.7 Å². The van der Waals surface area contributed by atoms with Gasteiger partial charge in [0.05, 0.1) is 29.6 Å². The van der Waals surface area contributed by atoms with E-state index in [0.717, 1.165) is 11.1 Å². The van der Waals surface area contributed by atoms with Gasteiger partial charge in [0.2, 0.25) is 0 Å². The van der Waals surface area contributed by atoms with Gasteiger partial charge in [-0.05, 0) is 38.1 Å². The Labute approximate surface area is 215 Å². The van der Waals surface area contributed by atoms with Gasteiger partial charge in [0, 0.05) is 0 Å².